The van der Waals surface area contributed by atoms with Crippen molar-refractivity contribution in [2.75, 3.05) is 20.3 Å². The Morgan fingerprint density at radius 3 is 3.25 bits per heavy atom. The maximum Gasteiger partial charge on any atom is 0.404 e. The summed E-state index contributed by atoms with van der Waals surface area (Å²) < 4.78 is 6.56. The Hall–Kier alpha value is -1.82. The van der Waals surface area contributed by atoms with Gasteiger partial charge in [-0.05, 0) is 0 Å². The van der Waals surface area contributed by atoms with Crippen LogP contribution in [0.15, 0.2) is 18.5 Å². The van der Waals surface area contributed by atoms with E-state index in [-0.39, 0.29) is 0 Å². The summed E-state index contributed by atoms with van der Waals surface area (Å²) in [6, 6.07) is 0. The second-order valence-electron chi connectivity index (χ2n) is 3.13. The van der Waals surface area contributed by atoms with Crippen LogP contribution in [-0.4, -0.2) is 41.2 Å². The highest BCUT2D eigenvalue weighted by Gasteiger charge is 1.96. The Morgan fingerprint density at radius 1 is 1.75 bits per heavy atom. The molecule has 0 saturated heterocycles. The van der Waals surface area contributed by atoms with E-state index in [0.717, 1.165) is 5.56 Å². The van der Waals surface area contributed by atoms with Crippen molar-refractivity contribution >= 4 is 12.2 Å². The van der Waals surface area contributed by atoms with E-state index in [2.05, 4.69) is 10.4 Å². The lowest BCUT2D eigenvalue weighted by Crippen LogP contribution is -2.25. The monoisotopic (exact) mass is 225 g/mol. The van der Waals surface area contributed by atoms with E-state index >= 15 is 0 Å². The van der Waals surface area contributed by atoms with Crippen molar-refractivity contribution in [2.45, 2.75) is 6.54 Å². The van der Waals surface area contributed by atoms with Crippen molar-refractivity contribution in [3.05, 3.63) is 24.0 Å². The van der Waals surface area contributed by atoms with Crippen LogP contribution in [-0.2, 0) is 11.3 Å². The highest BCUT2D eigenvalue weighted by Crippen LogP contribution is 2.00. The molecule has 0 fully saturated rings. The van der Waals surface area contributed by atoms with Crippen LogP contribution in [0.2, 0.25) is 0 Å². The third-order valence-electron chi connectivity index (χ3n) is 1.84. The number of carboxylic acid groups (broad SMARTS) is 1. The molecule has 1 aromatic rings. The molecule has 0 spiro atoms. The molecule has 0 atom stereocenters. The van der Waals surface area contributed by atoms with Gasteiger partial charge in [0.25, 0.3) is 0 Å². The summed E-state index contributed by atoms with van der Waals surface area (Å²) in [6.07, 6.45) is 6.32. The van der Waals surface area contributed by atoms with Gasteiger partial charge in [0.1, 0.15) is 0 Å². The third kappa shape index (κ3) is 4.61. The standard InChI is InChI=1S/C10H15N3O3/c1-16-6-2-3-9-7-12-13(8-9)5-4-11-10(14)15/h2-3,7-8,11H,4-6H2,1H3,(H,14,15). The van der Waals surface area contributed by atoms with Gasteiger partial charge in [-0.2, -0.15) is 5.10 Å². The summed E-state index contributed by atoms with van der Waals surface area (Å²) >= 11 is 0. The molecule has 1 heterocycles. The molecule has 16 heavy (non-hydrogen) atoms. The molecule has 0 aliphatic rings. The second-order valence-corrected chi connectivity index (χ2v) is 3.13. The van der Waals surface area contributed by atoms with Gasteiger partial charge in [-0.25, -0.2) is 4.79 Å². The van der Waals surface area contributed by atoms with Crippen LogP contribution in [0.4, 0.5) is 4.79 Å². The van der Waals surface area contributed by atoms with Crippen molar-refractivity contribution < 1.29 is 14.6 Å². The highest BCUT2D eigenvalue weighted by atomic mass is 16.5. The van der Waals surface area contributed by atoms with E-state index in [9.17, 15) is 4.79 Å². The quantitative estimate of drug-likeness (QED) is 0.751. The predicted molar refractivity (Wildman–Crippen MR) is 59.2 cm³/mol. The lowest BCUT2D eigenvalue weighted by molar-refractivity contribution is 0.194. The molecule has 2 N–H and O–H groups in total. The minimum absolute atomic E-state index is 0.345. The fourth-order valence-corrected chi connectivity index (χ4v) is 1.15. The van der Waals surface area contributed by atoms with Gasteiger partial charge in [-0.3, -0.25) is 4.68 Å². The second kappa shape index (κ2) is 6.62. The van der Waals surface area contributed by atoms with Gasteiger partial charge in [-0.1, -0.05) is 12.2 Å². The molecular formula is C10H15N3O3. The van der Waals surface area contributed by atoms with E-state index < -0.39 is 6.09 Å². The smallest absolute Gasteiger partial charge is 0.404 e. The zero-order valence-corrected chi connectivity index (χ0v) is 9.09. The molecule has 1 rings (SSSR count). The number of rotatable bonds is 6. The van der Waals surface area contributed by atoms with Crippen LogP contribution in [0.1, 0.15) is 5.56 Å². The molecule has 0 radical (unpaired) electrons. The zero-order chi connectivity index (χ0) is 11.8. The molecule has 0 aliphatic carbocycles. The number of aromatic nitrogens is 2. The summed E-state index contributed by atoms with van der Waals surface area (Å²) in [6.45, 7) is 1.43. The summed E-state index contributed by atoms with van der Waals surface area (Å²) in [5.74, 6) is 0. The lowest BCUT2D eigenvalue weighted by Gasteiger charge is -2.00. The number of hydrogen-bond acceptors (Lipinski definition) is 3. The number of ether oxygens (including phenoxy) is 1. The van der Waals surface area contributed by atoms with E-state index in [1.54, 1.807) is 18.0 Å². The average molecular weight is 225 g/mol. The Morgan fingerprint density at radius 2 is 2.56 bits per heavy atom. The Labute approximate surface area is 93.5 Å². The first-order valence-corrected chi connectivity index (χ1v) is 4.87. The average Bonchev–Trinajstić information content (AvgIpc) is 2.66. The van der Waals surface area contributed by atoms with E-state index in [1.807, 2.05) is 18.3 Å². The SMILES string of the molecule is COCC=Cc1cnn(CCNC(=O)O)c1. The van der Waals surface area contributed by atoms with E-state index in [4.69, 9.17) is 9.84 Å². The van der Waals surface area contributed by atoms with Crippen LogP contribution in [0.5, 0.6) is 0 Å². The van der Waals surface area contributed by atoms with Gasteiger partial charge in [0.2, 0.25) is 0 Å². The first kappa shape index (κ1) is 12.3. The van der Waals surface area contributed by atoms with E-state index in [1.165, 1.54) is 0 Å². The normalized spacial score (nSPS) is 10.8. The largest absolute Gasteiger partial charge is 0.465 e. The first-order valence-electron chi connectivity index (χ1n) is 4.87. The third-order valence-corrected chi connectivity index (χ3v) is 1.84. The van der Waals surface area contributed by atoms with Gasteiger partial charge < -0.3 is 15.2 Å². The molecule has 0 bridgehead atoms. The molecule has 0 saturated carbocycles. The topological polar surface area (TPSA) is 76.4 Å². The molecule has 0 aromatic carbocycles. The Balaban J connectivity index is 2.36. The van der Waals surface area contributed by atoms with Crippen molar-refractivity contribution in [3.63, 3.8) is 0 Å². The van der Waals surface area contributed by atoms with Crippen molar-refractivity contribution in [2.24, 2.45) is 0 Å². The summed E-state index contributed by atoms with van der Waals surface area (Å²) in [5, 5.41) is 14.7. The number of nitrogens with one attached hydrogen (secondary N) is 1. The molecule has 6 nitrogen and oxygen atoms in total. The summed E-state index contributed by atoms with van der Waals surface area (Å²) in [5.41, 5.74) is 0.965. The summed E-state index contributed by atoms with van der Waals surface area (Å²) in [4.78, 5) is 10.2. The molecule has 1 aromatic heterocycles. The predicted octanol–water partition coefficient (Wildman–Crippen LogP) is 0.810. The number of amides is 1. The van der Waals surface area contributed by atoms with Crippen LogP contribution in [0.25, 0.3) is 6.08 Å². The minimum Gasteiger partial charge on any atom is -0.465 e. The van der Waals surface area contributed by atoms with Crippen LogP contribution in [0, 0.1) is 0 Å². The number of nitrogens with zero attached hydrogens (tertiary/aromatic N) is 2. The van der Waals surface area contributed by atoms with Crippen molar-refractivity contribution in [1.82, 2.24) is 15.1 Å². The van der Waals surface area contributed by atoms with Crippen LogP contribution in [0.3, 0.4) is 0 Å². The Kier molecular flexibility index (Phi) is 5.07. The number of methoxy groups -OCH3 is 1. The molecule has 1 amide bonds. The highest BCUT2D eigenvalue weighted by molar-refractivity contribution is 5.64. The fourth-order valence-electron chi connectivity index (χ4n) is 1.15. The van der Waals surface area contributed by atoms with Gasteiger partial charge >= 0.3 is 6.09 Å². The number of hydrogen-bond donors (Lipinski definition) is 2. The first-order chi connectivity index (χ1) is 7.72. The number of carbonyl (C=O) groups is 1. The van der Waals surface area contributed by atoms with Crippen LogP contribution < -0.4 is 5.32 Å². The molecule has 88 valence electrons. The Bertz CT molecular complexity index is 360. The maximum absolute atomic E-state index is 10.2. The van der Waals surface area contributed by atoms with Crippen molar-refractivity contribution in [1.29, 1.82) is 0 Å². The maximum atomic E-state index is 10.2. The van der Waals surface area contributed by atoms with Gasteiger partial charge in [0.05, 0.1) is 19.3 Å². The zero-order valence-electron chi connectivity index (χ0n) is 9.09. The minimum atomic E-state index is -1.02. The van der Waals surface area contributed by atoms with E-state index in [0.29, 0.717) is 19.7 Å². The summed E-state index contributed by atoms with van der Waals surface area (Å²) in [7, 11) is 1.63. The molecule has 0 unspecified atom stereocenters. The molecule has 0 aliphatic heterocycles. The van der Waals surface area contributed by atoms with Crippen molar-refractivity contribution in [3.8, 4) is 0 Å². The molecular weight excluding hydrogens is 210 g/mol. The molecule has 6 heteroatoms. The van der Waals surface area contributed by atoms with Gasteiger partial charge in [0.15, 0.2) is 0 Å². The van der Waals surface area contributed by atoms with Gasteiger partial charge in [-0.15, -0.1) is 0 Å². The lowest BCUT2D eigenvalue weighted by atomic mass is 10.3. The van der Waals surface area contributed by atoms with Gasteiger partial charge in [0, 0.05) is 25.4 Å². The van der Waals surface area contributed by atoms with Crippen LogP contribution >= 0.6 is 0 Å². The fraction of sp³-hybridized carbons (Fsp3) is 0.400.